The van der Waals surface area contributed by atoms with Gasteiger partial charge in [-0.3, -0.25) is 4.79 Å². The van der Waals surface area contributed by atoms with Gasteiger partial charge in [0.05, 0.1) is 12.1 Å². The summed E-state index contributed by atoms with van der Waals surface area (Å²) in [4.78, 5) is 11.7. The van der Waals surface area contributed by atoms with Crippen molar-refractivity contribution >= 4 is 5.91 Å². The minimum absolute atomic E-state index is 0.0970. The highest BCUT2D eigenvalue weighted by molar-refractivity contribution is 5.81. The Morgan fingerprint density at radius 1 is 1.12 bits per heavy atom. The molecule has 1 amide bonds. The molecule has 3 unspecified atom stereocenters. The Kier molecular flexibility index (Phi) is 4.18. The summed E-state index contributed by atoms with van der Waals surface area (Å²) in [5, 5.41) is 16.1. The van der Waals surface area contributed by atoms with Crippen LogP contribution in [0, 0.1) is 0 Å². The van der Waals surface area contributed by atoms with Crippen LogP contribution >= 0.6 is 0 Å². The number of nitrogens with one attached hydrogen (secondary N) is 2. The largest absolute Gasteiger partial charge is 0.392 e. The monoisotopic (exact) mass is 226 g/mol. The molecule has 2 fully saturated rings. The fourth-order valence-corrected chi connectivity index (χ4v) is 2.66. The number of carbonyl (C=O) groups is 1. The van der Waals surface area contributed by atoms with Crippen molar-refractivity contribution in [2.75, 3.05) is 6.54 Å². The summed E-state index contributed by atoms with van der Waals surface area (Å²) >= 11 is 0. The van der Waals surface area contributed by atoms with Crippen molar-refractivity contribution in [3.63, 3.8) is 0 Å². The summed E-state index contributed by atoms with van der Waals surface area (Å²) in [6.45, 7) is 0.796. The van der Waals surface area contributed by atoms with Gasteiger partial charge in [-0.05, 0) is 32.1 Å². The number of aliphatic hydroxyl groups is 1. The summed E-state index contributed by atoms with van der Waals surface area (Å²) in [7, 11) is 0. The van der Waals surface area contributed by atoms with Gasteiger partial charge in [-0.25, -0.2) is 0 Å². The summed E-state index contributed by atoms with van der Waals surface area (Å²) in [6, 6.07) is 0.0165. The van der Waals surface area contributed by atoms with Crippen molar-refractivity contribution in [1.82, 2.24) is 10.6 Å². The first kappa shape index (κ1) is 11.9. The van der Waals surface area contributed by atoms with E-state index >= 15 is 0 Å². The Balaban J connectivity index is 1.88. The van der Waals surface area contributed by atoms with Crippen LogP contribution in [0.3, 0.4) is 0 Å². The first-order chi connectivity index (χ1) is 7.77. The summed E-state index contributed by atoms with van der Waals surface area (Å²) < 4.78 is 0. The lowest BCUT2D eigenvalue weighted by atomic mass is 9.91. The zero-order valence-electron chi connectivity index (χ0n) is 9.74. The van der Waals surface area contributed by atoms with E-state index in [1.165, 1.54) is 0 Å². The van der Waals surface area contributed by atoms with Gasteiger partial charge in [0.15, 0.2) is 0 Å². The fraction of sp³-hybridized carbons (Fsp3) is 0.917. The van der Waals surface area contributed by atoms with E-state index in [-0.39, 0.29) is 24.1 Å². The van der Waals surface area contributed by atoms with Crippen LogP contribution < -0.4 is 10.6 Å². The average Bonchev–Trinajstić information content (AvgIpc) is 2.48. The first-order valence-electron chi connectivity index (χ1n) is 6.49. The zero-order chi connectivity index (χ0) is 11.4. The van der Waals surface area contributed by atoms with Crippen LogP contribution in [0.25, 0.3) is 0 Å². The molecule has 2 rings (SSSR count). The maximum Gasteiger partial charge on any atom is 0.237 e. The third kappa shape index (κ3) is 2.95. The van der Waals surface area contributed by atoms with Crippen LogP contribution in [0.15, 0.2) is 0 Å². The lowest BCUT2D eigenvalue weighted by molar-refractivity contribution is -0.123. The van der Waals surface area contributed by atoms with Crippen LogP contribution in [0.2, 0.25) is 0 Å². The normalized spacial score (nSPS) is 36.6. The molecule has 0 radical (unpaired) electrons. The molecule has 4 heteroatoms. The quantitative estimate of drug-likeness (QED) is 0.644. The molecule has 0 aromatic carbocycles. The van der Waals surface area contributed by atoms with E-state index in [2.05, 4.69) is 10.6 Å². The number of hydrogen-bond acceptors (Lipinski definition) is 3. The minimum atomic E-state index is -0.273. The minimum Gasteiger partial charge on any atom is -0.392 e. The van der Waals surface area contributed by atoms with Crippen molar-refractivity contribution in [2.24, 2.45) is 0 Å². The maximum absolute atomic E-state index is 11.7. The van der Waals surface area contributed by atoms with Gasteiger partial charge in [-0.2, -0.15) is 0 Å². The van der Waals surface area contributed by atoms with E-state index in [1.807, 2.05) is 0 Å². The number of rotatable bonds is 2. The van der Waals surface area contributed by atoms with Gasteiger partial charge < -0.3 is 15.7 Å². The highest BCUT2D eigenvalue weighted by Crippen LogP contribution is 2.19. The molecule has 0 spiro atoms. The average molecular weight is 226 g/mol. The van der Waals surface area contributed by atoms with Gasteiger partial charge in [-0.1, -0.05) is 12.8 Å². The highest BCUT2D eigenvalue weighted by Gasteiger charge is 2.28. The molecule has 0 aromatic heterocycles. The highest BCUT2D eigenvalue weighted by atomic mass is 16.3. The molecule has 16 heavy (non-hydrogen) atoms. The summed E-state index contributed by atoms with van der Waals surface area (Å²) in [5.74, 6) is 0.107. The lowest BCUT2D eigenvalue weighted by Crippen LogP contribution is -2.52. The second-order valence-electron chi connectivity index (χ2n) is 4.96. The Morgan fingerprint density at radius 3 is 2.69 bits per heavy atom. The predicted molar refractivity (Wildman–Crippen MR) is 62.0 cm³/mol. The van der Waals surface area contributed by atoms with Gasteiger partial charge in [0.1, 0.15) is 0 Å². The van der Waals surface area contributed by atoms with Crippen LogP contribution in [0.4, 0.5) is 0 Å². The molecule has 3 N–H and O–H groups in total. The summed E-state index contributed by atoms with van der Waals surface area (Å²) in [5.41, 5.74) is 0. The molecule has 2 aliphatic rings. The molecule has 92 valence electrons. The second kappa shape index (κ2) is 5.64. The smallest absolute Gasteiger partial charge is 0.237 e. The van der Waals surface area contributed by atoms with Crippen LogP contribution in [-0.4, -0.2) is 35.7 Å². The molecule has 0 bridgehead atoms. The number of hydrogen-bond donors (Lipinski definition) is 3. The van der Waals surface area contributed by atoms with Crippen molar-refractivity contribution < 1.29 is 9.90 Å². The number of carbonyl (C=O) groups excluding carboxylic acids is 1. The molecule has 1 aliphatic carbocycles. The van der Waals surface area contributed by atoms with Crippen LogP contribution in [0.5, 0.6) is 0 Å². The maximum atomic E-state index is 11.7. The van der Waals surface area contributed by atoms with Gasteiger partial charge in [-0.15, -0.1) is 0 Å². The fourth-order valence-electron chi connectivity index (χ4n) is 2.66. The standard InChI is InChI=1S/C12H22N2O2/c15-11-7-2-1-5-9(11)14-10-6-3-4-8-13-12(10)16/h9-11,14-15H,1-8H2,(H,13,16). The Bertz CT molecular complexity index is 245. The molecule has 4 nitrogen and oxygen atoms in total. The van der Waals surface area contributed by atoms with E-state index in [4.69, 9.17) is 0 Å². The van der Waals surface area contributed by atoms with Crippen molar-refractivity contribution in [2.45, 2.75) is 63.1 Å². The van der Waals surface area contributed by atoms with Crippen LogP contribution in [0.1, 0.15) is 44.9 Å². The number of aliphatic hydroxyl groups excluding tert-OH is 1. The molecular weight excluding hydrogens is 204 g/mol. The van der Waals surface area contributed by atoms with E-state index in [1.54, 1.807) is 0 Å². The predicted octanol–water partition coefficient (Wildman–Crippen LogP) is 0.548. The zero-order valence-corrected chi connectivity index (χ0v) is 9.74. The van der Waals surface area contributed by atoms with Crippen LogP contribution in [-0.2, 0) is 4.79 Å². The molecule has 3 atom stereocenters. The van der Waals surface area contributed by atoms with Crippen molar-refractivity contribution in [1.29, 1.82) is 0 Å². The topological polar surface area (TPSA) is 61.4 Å². The number of amides is 1. The van der Waals surface area contributed by atoms with Gasteiger partial charge in [0.25, 0.3) is 0 Å². The van der Waals surface area contributed by atoms with Gasteiger partial charge in [0.2, 0.25) is 5.91 Å². The van der Waals surface area contributed by atoms with E-state index in [0.29, 0.717) is 0 Å². The molecule has 0 aromatic rings. The molecule has 1 heterocycles. The summed E-state index contributed by atoms with van der Waals surface area (Å²) in [6.07, 6.45) is 6.89. The van der Waals surface area contributed by atoms with E-state index in [9.17, 15) is 9.90 Å². The van der Waals surface area contributed by atoms with Crippen molar-refractivity contribution in [3.05, 3.63) is 0 Å². The second-order valence-corrected chi connectivity index (χ2v) is 4.96. The molecular formula is C12H22N2O2. The Morgan fingerprint density at radius 2 is 1.88 bits per heavy atom. The van der Waals surface area contributed by atoms with Gasteiger partial charge in [0, 0.05) is 12.6 Å². The lowest BCUT2D eigenvalue weighted by Gasteiger charge is -2.31. The third-order valence-corrected chi connectivity index (χ3v) is 3.68. The first-order valence-corrected chi connectivity index (χ1v) is 6.49. The van der Waals surface area contributed by atoms with Crippen molar-refractivity contribution in [3.8, 4) is 0 Å². The molecule has 1 saturated carbocycles. The third-order valence-electron chi connectivity index (χ3n) is 3.68. The van der Waals surface area contributed by atoms with E-state index < -0.39 is 0 Å². The Labute approximate surface area is 96.8 Å². The SMILES string of the molecule is O=C1NCCCCC1NC1CCCCC1O. The van der Waals surface area contributed by atoms with Gasteiger partial charge >= 0.3 is 0 Å². The Hall–Kier alpha value is -0.610. The molecule has 1 saturated heterocycles. The molecule has 1 aliphatic heterocycles. The van der Waals surface area contributed by atoms with E-state index in [0.717, 1.165) is 51.5 Å².